The highest BCUT2D eigenvalue weighted by atomic mass is 19.1. The Kier molecular flexibility index (Phi) is 5.62. The van der Waals surface area contributed by atoms with Gasteiger partial charge in [0.1, 0.15) is 17.4 Å². The molecule has 0 radical (unpaired) electrons. The fraction of sp³-hybridized carbons (Fsp3) is 0.0741. The van der Waals surface area contributed by atoms with Gasteiger partial charge in [0, 0.05) is 17.3 Å². The molecule has 0 atom stereocenters. The maximum absolute atomic E-state index is 14.1. The molecule has 7 nitrogen and oxygen atoms in total. The smallest absolute Gasteiger partial charge is 0.255 e. The molecular formula is C27H21FN4O3. The van der Waals surface area contributed by atoms with E-state index in [0.29, 0.717) is 33.9 Å². The average molecular weight is 468 g/mol. The fourth-order valence-corrected chi connectivity index (χ4v) is 3.86. The van der Waals surface area contributed by atoms with E-state index >= 15 is 0 Å². The summed E-state index contributed by atoms with van der Waals surface area (Å²) in [5, 5.41) is 13.1. The summed E-state index contributed by atoms with van der Waals surface area (Å²) in [6.07, 6.45) is 1.64. The maximum atomic E-state index is 14.1. The minimum Gasteiger partial charge on any atom is -0.507 e. The number of aromatic hydroxyl groups is 1. The van der Waals surface area contributed by atoms with E-state index in [4.69, 9.17) is 4.74 Å². The molecule has 2 aromatic heterocycles. The van der Waals surface area contributed by atoms with Gasteiger partial charge < -0.3 is 20.1 Å². The van der Waals surface area contributed by atoms with Crippen molar-refractivity contribution in [2.45, 2.75) is 6.92 Å². The molecule has 5 aromatic rings. The third-order valence-electron chi connectivity index (χ3n) is 5.65. The third-order valence-corrected chi connectivity index (χ3v) is 5.65. The monoisotopic (exact) mass is 468 g/mol. The van der Waals surface area contributed by atoms with E-state index in [2.05, 4.69) is 20.3 Å². The number of pyridine rings is 1. The molecule has 0 aliphatic heterocycles. The van der Waals surface area contributed by atoms with Crippen molar-refractivity contribution < 1.29 is 19.0 Å². The number of methoxy groups -OCH3 is 1. The number of aromatic amines is 1. The number of imidazole rings is 1. The molecule has 0 aliphatic rings. The number of aryl methyl sites for hydroxylation is 1. The Labute approximate surface area is 200 Å². The van der Waals surface area contributed by atoms with E-state index in [1.807, 2.05) is 6.07 Å². The molecule has 0 spiro atoms. The first-order valence-corrected chi connectivity index (χ1v) is 10.8. The van der Waals surface area contributed by atoms with Crippen LogP contribution in [0.3, 0.4) is 0 Å². The first-order chi connectivity index (χ1) is 16.9. The predicted octanol–water partition coefficient (Wildman–Crippen LogP) is 5.71. The molecule has 0 fully saturated rings. The van der Waals surface area contributed by atoms with Crippen LogP contribution in [-0.4, -0.2) is 33.1 Å². The van der Waals surface area contributed by atoms with Gasteiger partial charge in [0.15, 0.2) is 0 Å². The van der Waals surface area contributed by atoms with Gasteiger partial charge >= 0.3 is 0 Å². The maximum Gasteiger partial charge on any atom is 0.255 e. The van der Waals surface area contributed by atoms with E-state index in [1.54, 1.807) is 68.8 Å². The zero-order valence-corrected chi connectivity index (χ0v) is 19.0. The van der Waals surface area contributed by atoms with Crippen LogP contribution in [0.5, 0.6) is 11.6 Å². The number of phenolic OH excluding ortho intramolecular Hbond substituents is 1. The van der Waals surface area contributed by atoms with Crippen molar-refractivity contribution in [3.63, 3.8) is 0 Å². The van der Waals surface area contributed by atoms with E-state index in [0.717, 1.165) is 16.7 Å². The van der Waals surface area contributed by atoms with Crippen molar-refractivity contribution >= 4 is 22.6 Å². The number of nitrogens with zero attached hydrogens (tertiary/aromatic N) is 2. The highest BCUT2D eigenvalue weighted by molar-refractivity contribution is 6.06. The zero-order valence-electron chi connectivity index (χ0n) is 19.0. The number of carbonyl (C=O) groups is 1. The fourth-order valence-electron chi connectivity index (χ4n) is 3.86. The van der Waals surface area contributed by atoms with Crippen LogP contribution >= 0.6 is 0 Å². The van der Waals surface area contributed by atoms with Crippen molar-refractivity contribution in [3.8, 4) is 34.1 Å². The second-order valence-electron chi connectivity index (χ2n) is 8.05. The van der Waals surface area contributed by atoms with Crippen LogP contribution in [0.15, 0.2) is 72.9 Å². The van der Waals surface area contributed by atoms with E-state index in [9.17, 15) is 14.3 Å². The topological polar surface area (TPSA) is 100 Å². The van der Waals surface area contributed by atoms with Crippen molar-refractivity contribution in [2.24, 2.45) is 0 Å². The van der Waals surface area contributed by atoms with Gasteiger partial charge in [0.05, 0.1) is 29.4 Å². The largest absolute Gasteiger partial charge is 0.507 e. The average Bonchev–Trinajstić information content (AvgIpc) is 3.29. The summed E-state index contributed by atoms with van der Waals surface area (Å²) in [4.78, 5) is 24.7. The minimum absolute atomic E-state index is 0.0449. The van der Waals surface area contributed by atoms with Crippen molar-refractivity contribution in [1.82, 2.24) is 15.0 Å². The lowest BCUT2D eigenvalue weighted by Gasteiger charge is -2.09. The predicted molar refractivity (Wildman–Crippen MR) is 132 cm³/mol. The van der Waals surface area contributed by atoms with Crippen LogP contribution in [0.1, 0.15) is 15.9 Å². The number of carbonyl (C=O) groups excluding carboxylic acids is 1. The highest BCUT2D eigenvalue weighted by Crippen LogP contribution is 2.35. The number of anilines is 1. The molecule has 35 heavy (non-hydrogen) atoms. The molecule has 174 valence electrons. The van der Waals surface area contributed by atoms with Gasteiger partial charge in [0.2, 0.25) is 5.88 Å². The van der Waals surface area contributed by atoms with Gasteiger partial charge in [-0.15, -0.1) is 0 Å². The minimum atomic E-state index is -0.498. The Morgan fingerprint density at radius 1 is 1.06 bits per heavy atom. The van der Waals surface area contributed by atoms with Crippen molar-refractivity contribution in [1.29, 1.82) is 0 Å². The number of fused-ring (bicyclic) bond motifs is 1. The number of halogens is 1. The molecule has 0 unspecified atom stereocenters. The summed E-state index contributed by atoms with van der Waals surface area (Å²) in [5.41, 5.74) is 4.46. The number of amides is 1. The summed E-state index contributed by atoms with van der Waals surface area (Å²) in [7, 11) is 1.55. The lowest BCUT2D eigenvalue weighted by molar-refractivity contribution is 0.102. The number of aromatic nitrogens is 3. The van der Waals surface area contributed by atoms with E-state index in [-0.39, 0.29) is 11.4 Å². The molecule has 0 aliphatic carbocycles. The molecule has 5 rings (SSSR count). The van der Waals surface area contributed by atoms with Gasteiger partial charge in [-0.2, -0.15) is 0 Å². The number of nitrogens with one attached hydrogen (secondary N) is 2. The number of hydrogen-bond donors (Lipinski definition) is 3. The second kappa shape index (κ2) is 8.90. The molecule has 0 saturated carbocycles. The molecular weight excluding hydrogens is 447 g/mol. The Balaban J connectivity index is 1.48. The molecule has 1 amide bonds. The number of benzene rings is 3. The number of H-pyrrole nitrogens is 1. The summed E-state index contributed by atoms with van der Waals surface area (Å²) in [5.74, 6) is -0.00274. The summed E-state index contributed by atoms with van der Waals surface area (Å²) in [6.45, 7) is 1.78. The van der Waals surface area contributed by atoms with Crippen LogP contribution < -0.4 is 10.1 Å². The summed E-state index contributed by atoms with van der Waals surface area (Å²) in [6, 6.07) is 18.4. The quantitative estimate of drug-likeness (QED) is 0.307. The Bertz CT molecular complexity index is 1580. The van der Waals surface area contributed by atoms with Gasteiger partial charge in [-0.1, -0.05) is 12.1 Å². The Morgan fingerprint density at radius 2 is 1.91 bits per heavy atom. The normalized spacial score (nSPS) is 10.9. The van der Waals surface area contributed by atoms with Crippen LogP contribution in [0.25, 0.3) is 33.5 Å². The van der Waals surface area contributed by atoms with E-state index < -0.39 is 11.7 Å². The highest BCUT2D eigenvalue weighted by Gasteiger charge is 2.16. The first kappa shape index (κ1) is 22.1. The number of ether oxygens (including phenoxy) is 1. The first-order valence-electron chi connectivity index (χ1n) is 10.8. The molecule has 3 aromatic carbocycles. The standard InChI is InChI=1S/C27H21FN4O3/c1-15-5-8-21(20(28)12-15)32-26(34)17-6-9-22-23(14-17)31-25(30-22)19-13-16(7-10-24(19)33)18-4-3-11-29-27(18)35-2/h3-14,33H,1-2H3,(H,30,31)(H,32,34). The van der Waals surface area contributed by atoms with Crippen LogP contribution in [0, 0.1) is 12.7 Å². The Hall–Kier alpha value is -4.72. The van der Waals surface area contributed by atoms with Gasteiger partial charge in [-0.3, -0.25) is 4.79 Å². The van der Waals surface area contributed by atoms with Gasteiger partial charge in [-0.05, 0) is 72.6 Å². The molecule has 0 bridgehead atoms. The third kappa shape index (κ3) is 4.29. The van der Waals surface area contributed by atoms with E-state index in [1.165, 1.54) is 12.1 Å². The number of hydrogen-bond acceptors (Lipinski definition) is 5. The van der Waals surface area contributed by atoms with Crippen molar-refractivity contribution in [2.75, 3.05) is 12.4 Å². The van der Waals surface area contributed by atoms with Crippen molar-refractivity contribution in [3.05, 3.63) is 89.9 Å². The zero-order chi connectivity index (χ0) is 24.5. The molecule has 2 heterocycles. The molecule has 0 saturated heterocycles. The summed E-state index contributed by atoms with van der Waals surface area (Å²) < 4.78 is 19.5. The lowest BCUT2D eigenvalue weighted by atomic mass is 10.0. The number of rotatable bonds is 5. The number of phenols is 1. The Morgan fingerprint density at radius 3 is 2.71 bits per heavy atom. The van der Waals surface area contributed by atoms with Gasteiger partial charge in [0.25, 0.3) is 5.91 Å². The second-order valence-corrected chi connectivity index (χ2v) is 8.05. The van der Waals surface area contributed by atoms with Crippen LogP contribution in [0.4, 0.5) is 10.1 Å². The molecule has 3 N–H and O–H groups in total. The van der Waals surface area contributed by atoms with Gasteiger partial charge in [-0.25, -0.2) is 14.4 Å². The summed E-state index contributed by atoms with van der Waals surface area (Å²) >= 11 is 0. The van der Waals surface area contributed by atoms with Crippen LogP contribution in [0.2, 0.25) is 0 Å². The van der Waals surface area contributed by atoms with Crippen LogP contribution in [-0.2, 0) is 0 Å². The molecule has 8 heteroatoms. The SMILES string of the molecule is COc1ncccc1-c1ccc(O)c(-c2nc3cc(C(=O)Nc4ccc(C)cc4F)ccc3[nH]2)c1. The lowest BCUT2D eigenvalue weighted by Crippen LogP contribution is -2.13.